The molecule has 0 saturated carbocycles. The fourth-order valence-electron chi connectivity index (χ4n) is 1.80. The molecular formula is C14H13BrF2N2O. The van der Waals surface area contributed by atoms with Gasteiger partial charge < -0.3 is 9.88 Å². The van der Waals surface area contributed by atoms with Gasteiger partial charge in [-0.25, -0.2) is 8.78 Å². The maximum absolute atomic E-state index is 12.4. The van der Waals surface area contributed by atoms with E-state index in [1.165, 1.54) is 16.8 Å². The smallest absolute Gasteiger partial charge is 0.268 e. The maximum atomic E-state index is 12.4. The second kappa shape index (κ2) is 6.65. The predicted octanol–water partition coefficient (Wildman–Crippen LogP) is 3.45. The largest absolute Gasteiger partial charge is 0.347 e. The molecule has 0 saturated heterocycles. The highest BCUT2D eigenvalue weighted by Gasteiger charge is 2.13. The van der Waals surface area contributed by atoms with Crippen LogP contribution in [0.2, 0.25) is 0 Å². The third-order valence-electron chi connectivity index (χ3n) is 2.76. The fourth-order valence-corrected chi connectivity index (χ4v) is 2.07. The number of carbonyl (C=O) groups is 1. The van der Waals surface area contributed by atoms with E-state index in [0.29, 0.717) is 6.54 Å². The molecule has 1 aromatic heterocycles. The van der Waals surface area contributed by atoms with Crippen molar-refractivity contribution in [2.45, 2.75) is 19.5 Å². The lowest BCUT2D eigenvalue weighted by atomic mass is 10.2. The summed E-state index contributed by atoms with van der Waals surface area (Å²) in [6.45, 7) is -0.125. The van der Waals surface area contributed by atoms with Gasteiger partial charge in [0.1, 0.15) is 5.69 Å². The van der Waals surface area contributed by atoms with E-state index < -0.39 is 13.0 Å². The fraction of sp³-hybridized carbons (Fsp3) is 0.214. The van der Waals surface area contributed by atoms with E-state index in [0.717, 1.165) is 10.0 Å². The van der Waals surface area contributed by atoms with Crippen molar-refractivity contribution in [1.29, 1.82) is 0 Å². The molecule has 0 atom stereocenters. The Morgan fingerprint density at radius 3 is 2.60 bits per heavy atom. The van der Waals surface area contributed by atoms with Gasteiger partial charge >= 0.3 is 0 Å². The summed E-state index contributed by atoms with van der Waals surface area (Å²) in [7, 11) is 0. The molecule has 20 heavy (non-hydrogen) atoms. The van der Waals surface area contributed by atoms with Crippen LogP contribution in [0.3, 0.4) is 0 Å². The molecular weight excluding hydrogens is 330 g/mol. The highest BCUT2D eigenvalue weighted by Crippen LogP contribution is 2.11. The number of halogens is 3. The van der Waals surface area contributed by atoms with Crippen LogP contribution >= 0.6 is 15.9 Å². The first-order valence-corrected chi connectivity index (χ1v) is 6.81. The number of carbonyl (C=O) groups excluding carboxylic acids is 1. The first-order valence-electron chi connectivity index (χ1n) is 6.02. The number of hydrogen-bond donors (Lipinski definition) is 1. The van der Waals surface area contributed by atoms with Gasteiger partial charge in [-0.05, 0) is 29.8 Å². The van der Waals surface area contributed by atoms with E-state index >= 15 is 0 Å². The zero-order valence-electron chi connectivity index (χ0n) is 10.5. The lowest BCUT2D eigenvalue weighted by Crippen LogP contribution is -2.26. The summed E-state index contributed by atoms with van der Waals surface area (Å²) in [6, 6.07) is 10.6. The van der Waals surface area contributed by atoms with Crippen molar-refractivity contribution in [3.63, 3.8) is 0 Å². The van der Waals surface area contributed by atoms with Crippen molar-refractivity contribution in [2.75, 3.05) is 0 Å². The van der Waals surface area contributed by atoms with Gasteiger partial charge in [0.15, 0.2) is 0 Å². The van der Waals surface area contributed by atoms with Crippen LogP contribution in [-0.2, 0) is 13.1 Å². The normalized spacial score (nSPS) is 10.8. The van der Waals surface area contributed by atoms with Crippen molar-refractivity contribution in [3.8, 4) is 0 Å². The molecule has 6 heteroatoms. The van der Waals surface area contributed by atoms with Gasteiger partial charge in [-0.2, -0.15) is 0 Å². The second-order valence-electron chi connectivity index (χ2n) is 4.25. The summed E-state index contributed by atoms with van der Waals surface area (Å²) < 4.78 is 27.0. The summed E-state index contributed by atoms with van der Waals surface area (Å²) in [6.07, 6.45) is -1.01. The summed E-state index contributed by atoms with van der Waals surface area (Å²) in [5, 5.41) is 2.71. The number of hydrogen-bond acceptors (Lipinski definition) is 1. The molecule has 0 aliphatic carbocycles. The van der Waals surface area contributed by atoms with E-state index in [2.05, 4.69) is 21.2 Å². The molecule has 0 fully saturated rings. The van der Waals surface area contributed by atoms with E-state index in [4.69, 9.17) is 0 Å². The minimum absolute atomic E-state index is 0.238. The summed E-state index contributed by atoms with van der Waals surface area (Å²) in [4.78, 5) is 12.0. The van der Waals surface area contributed by atoms with Gasteiger partial charge in [-0.1, -0.05) is 28.1 Å². The number of amides is 1. The zero-order chi connectivity index (χ0) is 14.5. The molecule has 1 N–H and O–H groups in total. The molecule has 0 spiro atoms. The molecule has 2 aromatic rings. The Bertz CT molecular complexity index is 581. The summed E-state index contributed by atoms with van der Waals surface area (Å²) in [5.41, 5.74) is 1.18. The van der Waals surface area contributed by atoms with Crippen LogP contribution in [0.1, 0.15) is 16.1 Å². The average Bonchev–Trinajstić information content (AvgIpc) is 2.85. The molecule has 0 aliphatic heterocycles. The number of rotatable bonds is 5. The third-order valence-corrected chi connectivity index (χ3v) is 3.29. The van der Waals surface area contributed by atoms with Crippen LogP contribution in [0.4, 0.5) is 8.78 Å². The lowest BCUT2D eigenvalue weighted by Gasteiger charge is -2.09. The Morgan fingerprint density at radius 2 is 1.95 bits per heavy atom. The molecule has 2 rings (SSSR count). The number of benzene rings is 1. The van der Waals surface area contributed by atoms with Crippen molar-refractivity contribution in [2.24, 2.45) is 0 Å². The van der Waals surface area contributed by atoms with Crippen molar-refractivity contribution in [1.82, 2.24) is 9.88 Å². The Hall–Kier alpha value is -1.69. The van der Waals surface area contributed by atoms with E-state index in [-0.39, 0.29) is 11.6 Å². The Kier molecular flexibility index (Phi) is 4.89. The van der Waals surface area contributed by atoms with Crippen molar-refractivity contribution < 1.29 is 13.6 Å². The Labute approximate surface area is 123 Å². The van der Waals surface area contributed by atoms with Crippen molar-refractivity contribution >= 4 is 21.8 Å². The van der Waals surface area contributed by atoms with Gasteiger partial charge in [-0.15, -0.1) is 0 Å². The van der Waals surface area contributed by atoms with Crippen LogP contribution < -0.4 is 5.32 Å². The zero-order valence-corrected chi connectivity index (χ0v) is 12.1. The first-order chi connectivity index (χ1) is 9.56. The topological polar surface area (TPSA) is 34.0 Å². The number of nitrogens with zero attached hydrogens (tertiary/aromatic N) is 1. The number of alkyl halides is 2. The molecule has 3 nitrogen and oxygen atoms in total. The summed E-state index contributed by atoms with van der Waals surface area (Å²) in [5.74, 6) is -0.362. The number of nitrogens with one attached hydrogen (secondary N) is 1. The molecule has 0 bridgehead atoms. The second-order valence-corrected chi connectivity index (χ2v) is 5.16. The Balaban J connectivity index is 1.98. The standard InChI is InChI=1S/C14H13BrF2N2O/c15-11-5-3-10(4-6-11)8-18-14(20)12-2-1-7-19(12)9-13(16)17/h1-7,13H,8-9H2,(H,18,20). The minimum atomic E-state index is -2.49. The first kappa shape index (κ1) is 14.7. The highest BCUT2D eigenvalue weighted by molar-refractivity contribution is 9.10. The molecule has 106 valence electrons. The molecule has 1 amide bonds. The van der Waals surface area contributed by atoms with E-state index in [9.17, 15) is 13.6 Å². The predicted molar refractivity (Wildman–Crippen MR) is 75.7 cm³/mol. The van der Waals surface area contributed by atoms with Gasteiger partial charge in [0.2, 0.25) is 0 Å². The van der Waals surface area contributed by atoms with Crippen LogP contribution in [-0.4, -0.2) is 16.9 Å². The molecule has 0 aliphatic rings. The van der Waals surface area contributed by atoms with Crippen LogP contribution in [0.5, 0.6) is 0 Å². The SMILES string of the molecule is O=C(NCc1ccc(Br)cc1)c1cccn1CC(F)F. The minimum Gasteiger partial charge on any atom is -0.347 e. The summed E-state index contributed by atoms with van der Waals surface area (Å²) >= 11 is 3.33. The maximum Gasteiger partial charge on any atom is 0.268 e. The lowest BCUT2D eigenvalue weighted by molar-refractivity contribution is 0.0928. The van der Waals surface area contributed by atoms with Crippen LogP contribution in [0.15, 0.2) is 47.1 Å². The van der Waals surface area contributed by atoms with Gasteiger partial charge in [0.25, 0.3) is 12.3 Å². The van der Waals surface area contributed by atoms with Crippen LogP contribution in [0.25, 0.3) is 0 Å². The van der Waals surface area contributed by atoms with Gasteiger partial charge in [-0.3, -0.25) is 4.79 Å². The van der Waals surface area contributed by atoms with E-state index in [1.54, 1.807) is 6.07 Å². The molecule has 1 aromatic carbocycles. The third kappa shape index (κ3) is 3.90. The number of aromatic nitrogens is 1. The van der Waals surface area contributed by atoms with Crippen LogP contribution in [0, 0.1) is 0 Å². The molecule has 0 radical (unpaired) electrons. The average molecular weight is 343 g/mol. The molecule has 0 unspecified atom stereocenters. The van der Waals surface area contributed by atoms with Crippen molar-refractivity contribution in [3.05, 3.63) is 58.3 Å². The monoisotopic (exact) mass is 342 g/mol. The van der Waals surface area contributed by atoms with Gasteiger partial charge in [0, 0.05) is 17.2 Å². The molecule has 1 heterocycles. The van der Waals surface area contributed by atoms with E-state index in [1.807, 2.05) is 24.3 Å². The van der Waals surface area contributed by atoms with Gasteiger partial charge in [0.05, 0.1) is 6.54 Å². The Morgan fingerprint density at radius 1 is 1.25 bits per heavy atom. The quantitative estimate of drug-likeness (QED) is 0.887. The highest BCUT2D eigenvalue weighted by atomic mass is 79.9.